The van der Waals surface area contributed by atoms with E-state index in [0.29, 0.717) is 13.2 Å². The summed E-state index contributed by atoms with van der Waals surface area (Å²) >= 11 is 0. The Kier molecular flexibility index (Phi) is 13.3. The monoisotopic (exact) mass is 304 g/mol. The first kappa shape index (κ1) is 20.8. The minimum Gasteiger partial charge on any atom is -0.382 e. The number of nitrogens with one attached hydrogen (secondary N) is 1. The van der Waals surface area contributed by atoms with Crippen molar-refractivity contribution in [2.75, 3.05) is 67.8 Å². The molecular formula is C16H36N2O3. The first-order valence-corrected chi connectivity index (χ1v) is 8.09. The normalized spacial score (nSPS) is 14.6. The van der Waals surface area contributed by atoms with Gasteiger partial charge in [0, 0.05) is 40.5 Å². The number of hydrogen-bond acceptors (Lipinski definition) is 5. The number of rotatable bonds is 15. The average molecular weight is 304 g/mol. The molecule has 1 atom stereocenters. The van der Waals surface area contributed by atoms with E-state index in [0.717, 1.165) is 51.9 Å². The summed E-state index contributed by atoms with van der Waals surface area (Å²) in [6, 6.07) is 0. The lowest BCUT2D eigenvalue weighted by molar-refractivity contribution is -0.0565. The number of hydrogen-bond donors (Lipinski definition) is 1. The molecule has 0 rings (SSSR count). The lowest BCUT2D eigenvalue weighted by atomic mass is 9.90. The summed E-state index contributed by atoms with van der Waals surface area (Å²) in [5.41, 5.74) is -0.0598. The van der Waals surface area contributed by atoms with Gasteiger partial charge >= 0.3 is 0 Å². The smallest absolute Gasteiger partial charge is 0.0712 e. The van der Waals surface area contributed by atoms with Crippen molar-refractivity contribution in [3.05, 3.63) is 0 Å². The molecule has 5 nitrogen and oxygen atoms in total. The lowest BCUT2D eigenvalue weighted by Crippen LogP contribution is -2.38. The highest BCUT2D eigenvalue weighted by molar-refractivity contribution is 4.81. The summed E-state index contributed by atoms with van der Waals surface area (Å²) < 4.78 is 16.5. The Morgan fingerprint density at radius 3 is 2.33 bits per heavy atom. The van der Waals surface area contributed by atoms with Crippen LogP contribution < -0.4 is 5.32 Å². The molecule has 0 aliphatic rings. The SMILES string of the molecule is CCCC(CCOCCOC)(CCN(C)CCNC)OC. The maximum Gasteiger partial charge on any atom is 0.0712 e. The molecule has 128 valence electrons. The van der Waals surface area contributed by atoms with Gasteiger partial charge in [0.25, 0.3) is 0 Å². The first-order valence-electron chi connectivity index (χ1n) is 8.09. The Balaban J connectivity index is 4.19. The van der Waals surface area contributed by atoms with Crippen molar-refractivity contribution < 1.29 is 14.2 Å². The van der Waals surface area contributed by atoms with Crippen LogP contribution in [-0.2, 0) is 14.2 Å². The quantitative estimate of drug-likeness (QED) is 0.467. The van der Waals surface area contributed by atoms with Gasteiger partial charge in [-0.25, -0.2) is 0 Å². The van der Waals surface area contributed by atoms with E-state index in [1.54, 1.807) is 7.11 Å². The summed E-state index contributed by atoms with van der Waals surface area (Å²) in [6.45, 7) is 7.39. The van der Waals surface area contributed by atoms with Crippen molar-refractivity contribution in [1.29, 1.82) is 0 Å². The van der Waals surface area contributed by atoms with Crippen molar-refractivity contribution in [2.24, 2.45) is 0 Å². The fourth-order valence-electron chi connectivity index (χ4n) is 2.45. The van der Waals surface area contributed by atoms with Crippen molar-refractivity contribution in [3.63, 3.8) is 0 Å². The van der Waals surface area contributed by atoms with Crippen LogP contribution >= 0.6 is 0 Å². The maximum atomic E-state index is 5.89. The molecule has 1 N–H and O–H groups in total. The summed E-state index contributed by atoms with van der Waals surface area (Å²) in [6.07, 6.45) is 4.20. The van der Waals surface area contributed by atoms with Crippen LogP contribution in [0.3, 0.4) is 0 Å². The second-order valence-electron chi connectivity index (χ2n) is 5.65. The summed E-state index contributed by atoms with van der Waals surface area (Å²) in [7, 11) is 7.68. The number of likely N-dealkylation sites (N-methyl/N-ethyl adjacent to an activating group) is 2. The molecule has 0 aromatic rings. The third-order valence-electron chi connectivity index (χ3n) is 3.97. The molecule has 0 radical (unpaired) electrons. The van der Waals surface area contributed by atoms with Crippen LogP contribution in [0.15, 0.2) is 0 Å². The molecule has 0 saturated carbocycles. The van der Waals surface area contributed by atoms with Crippen LogP contribution in [-0.4, -0.2) is 78.3 Å². The third kappa shape index (κ3) is 10.2. The zero-order valence-corrected chi connectivity index (χ0v) is 14.7. The van der Waals surface area contributed by atoms with E-state index in [-0.39, 0.29) is 5.60 Å². The zero-order valence-electron chi connectivity index (χ0n) is 14.7. The molecule has 21 heavy (non-hydrogen) atoms. The highest BCUT2D eigenvalue weighted by Gasteiger charge is 2.28. The largest absolute Gasteiger partial charge is 0.382 e. The predicted molar refractivity (Wildman–Crippen MR) is 88.0 cm³/mol. The molecule has 0 saturated heterocycles. The minimum absolute atomic E-state index is 0.0598. The van der Waals surface area contributed by atoms with Crippen LogP contribution in [0.5, 0.6) is 0 Å². The van der Waals surface area contributed by atoms with Crippen LogP contribution in [0.4, 0.5) is 0 Å². The van der Waals surface area contributed by atoms with Crippen molar-refractivity contribution in [3.8, 4) is 0 Å². The van der Waals surface area contributed by atoms with Gasteiger partial charge in [0.2, 0.25) is 0 Å². The number of ether oxygens (including phenoxy) is 3. The van der Waals surface area contributed by atoms with Gasteiger partial charge in [0.05, 0.1) is 18.8 Å². The highest BCUT2D eigenvalue weighted by atomic mass is 16.5. The summed E-state index contributed by atoms with van der Waals surface area (Å²) in [4.78, 5) is 2.35. The van der Waals surface area contributed by atoms with Crippen molar-refractivity contribution in [2.45, 2.75) is 38.2 Å². The highest BCUT2D eigenvalue weighted by Crippen LogP contribution is 2.26. The van der Waals surface area contributed by atoms with Crippen molar-refractivity contribution in [1.82, 2.24) is 10.2 Å². The zero-order chi connectivity index (χ0) is 16.0. The van der Waals surface area contributed by atoms with E-state index in [9.17, 15) is 0 Å². The van der Waals surface area contributed by atoms with Gasteiger partial charge in [-0.05, 0) is 33.4 Å². The second-order valence-corrected chi connectivity index (χ2v) is 5.65. The van der Waals surface area contributed by atoms with Gasteiger partial charge in [0.15, 0.2) is 0 Å². The Bertz CT molecular complexity index is 230. The topological polar surface area (TPSA) is 43.0 Å². The predicted octanol–water partition coefficient (Wildman–Crippen LogP) is 1.77. The molecule has 0 aromatic heterocycles. The summed E-state index contributed by atoms with van der Waals surface area (Å²) in [5, 5.41) is 3.18. The van der Waals surface area contributed by atoms with Crippen LogP contribution in [0.2, 0.25) is 0 Å². The molecule has 0 aliphatic heterocycles. The minimum atomic E-state index is -0.0598. The number of nitrogens with zero attached hydrogens (tertiary/aromatic N) is 1. The second kappa shape index (κ2) is 13.5. The maximum absolute atomic E-state index is 5.89. The van der Waals surface area contributed by atoms with Crippen LogP contribution in [0.1, 0.15) is 32.6 Å². The van der Waals surface area contributed by atoms with Gasteiger partial charge in [-0.15, -0.1) is 0 Å². The molecule has 0 spiro atoms. The number of methoxy groups -OCH3 is 2. The van der Waals surface area contributed by atoms with E-state index in [4.69, 9.17) is 14.2 Å². The van der Waals surface area contributed by atoms with Gasteiger partial charge < -0.3 is 24.4 Å². The molecule has 5 heteroatoms. The first-order chi connectivity index (χ1) is 10.1. The standard InChI is InChI=1S/C16H36N2O3/c1-6-7-16(20-5,9-13-21-15-14-19-4)8-11-18(3)12-10-17-2/h17H,6-15H2,1-5H3. The molecule has 0 fully saturated rings. The van der Waals surface area contributed by atoms with E-state index in [1.165, 1.54) is 0 Å². The molecule has 0 bridgehead atoms. The van der Waals surface area contributed by atoms with Crippen LogP contribution in [0.25, 0.3) is 0 Å². The Morgan fingerprint density at radius 2 is 1.76 bits per heavy atom. The van der Waals surface area contributed by atoms with Crippen molar-refractivity contribution >= 4 is 0 Å². The van der Waals surface area contributed by atoms with E-state index in [1.807, 2.05) is 14.2 Å². The van der Waals surface area contributed by atoms with Gasteiger partial charge in [0.1, 0.15) is 0 Å². The third-order valence-corrected chi connectivity index (χ3v) is 3.97. The lowest BCUT2D eigenvalue weighted by Gasteiger charge is -2.34. The van der Waals surface area contributed by atoms with Crippen LogP contribution in [0, 0.1) is 0 Å². The molecule has 0 aromatic carbocycles. The molecule has 0 heterocycles. The molecular weight excluding hydrogens is 268 g/mol. The Hall–Kier alpha value is -0.200. The fourth-order valence-corrected chi connectivity index (χ4v) is 2.45. The summed E-state index contributed by atoms with van der Waals surface area (Å²) in [5.74, 6) is 0. The van der Waals surface area contributed by atoms with E-state index >= 15 is 0 Å². The van der Waals surface area contributed by atoms with E-state index < -0.39 is 0 Å². The van der Waals surface area contributed by atoms with Gasteiger partial charge in [-0.1, -0.05) is 13.3 Å². The molecule has 0 amide bonds. The Morgan fingerprint density at radius 1 is 1.00 bits per heavy atom. The fraction of sp³-hybridized carbons (Fsp3) is 1.00. The molecule has 0 aliphatic carbocycles. The van der Waals surface area contributed by atoms with Gasteiger partial charge in [-0.2, -0.15) is 0 Å². The van der Waals surface area contributed by atoms with E-state index in [2.05, 4.69) is 24.2 Å². The Labute approximate surface area is 131 Å². The van der Waals surface area contributed by atoms with Gasteiger partial charge in [-0.3, -0.25) is 0 Å². The average Bonchev–Trinajstić information content (AvgIpc) is 2.50. The molecule has 1 unspecified atom stereocenters.